The van der Waals surface area contributed by atoms with E-state index in [0.29, 0.717) is 79.4 Å². The Labute approximate surface area is 611 Å². The number of halogens is 12. The van der Waals surface area contributed by atoms with E-state index in [2.05, 4.69) is 121 Å². The third-order valence-electron chi connectivity index (χ3n) is 21.1. The summed E-state index contributed by atoms with van der Waals surface area (Å²) in [5.41, 5.74) is 0.453. The van der Waals surface area contributed by atoms with Crippen molar-refractivity contribution in [3.05, 3.63) is 0 Å². The van der Waals surface area contributed by atoms with Gasteiger partial charge in [0.25, 0.3) is 17.8 Å². The molecular formula is C82H154F12N4O3. The van der Waals surface area contributed by atoms with Crippen LogP contribution in [0.25, 0.3) is 0 Å². The highest BCUT2D eigenvalue weighted by Gasteiger charge is 2.71. The fourth-order valence-corrected chi connectivity index (χ4v) is 14.5. The fourth-order valence-electron chi connectivity index (χ4n) is 14.5. The van der Waals surface area contributed by atoms with Gasteiger partial charge in [0.05, 0.1) is 19.8 Å². The SMILES string of the molecule is CC(=O)N(C)CCC(C)C.CC(C)C1(C)COC1.CC(C)CC12CC(C)(C1)C2.CC(C)CC1CC(C)(F)C1.CC(C)CC1CC(F)(F)C1(F)F.CC(C)CC1CC1(F)F.CC(C)CC1CCC1(F)F.CC(C)CCN1CC(C)(F)C1.CC(C)N1CCCC1=O.CCC(F)(F)CNCCC(C)C. The summed E-state index contributed by atoms with van der Waals surface area (Å²) in [7, 11) is 1.84. The average molecular weight is 1470 g/mol. The van der Waals surface area contributed by atoms with Crippen molar-refractivity contribution in [1.82, 2.24) is 20.0 Å². The van der Waals surface area contributed by atoms with Crippen LogP contribution in [0.3, 0.4) is 0 Å². The van der Waals surface area contributed by atoms with E-state index in [-0.39, 0.29) is 55.9 Å². The maximum absolute atomic E-state index is 12.9. The van der Waals surface area contributed by atoms with Gasteiger partial charge in [-0.05, 0) is 207 Å². The van der Waals surface area contributed by atoms with E-state index in [1.165, 1.54) is 45.4 Å². The first-order chi connectivity index (χ1) is 45.7. The van der Waals surface area contributed by atoms with E-state index in [4.69, 9.17) is 4.74 Å². The number of ether oxygens (including phenoxy) is 1. The van der Waals surface area contributed by atoms with Crippen LogP contribution in [0.4, 0.5) is 52.7 Å². The van der Waals surface area contributed by atoms with E-state index in [9.17, 15) is 62.3 Å². The van der Waals surface area contributed by atoms with Gasteiger partial charge in [-0.15, -0.1) is 0 Å². The third kappa shape index (κ3) is 39.6. The Morgan fingerprint density at radius 3 is 1.32 bits per heavy atom. The Kier molecular flexibility index (Phi) is 42.4. The number of hydrogen-bond donors (Lipinski definition) is 1. The van der Waals surface area contributed by atoms with Gasteiger partial charge in [0, 0.05) is 101 Å². The van der Waals surface area contributed by atoms with Crippen molar-refractivity contribution in [2.24, 2.45) is 93.2 Å². The Balaban J connectivity index is 0.00000110. The van der Waals surface area contributed by atoms with Crippen LogP contribution in [-0.4, -0.2) is 140 Å². The van der Waals surface area contributed by atoms with Crippen LogP contribution < -0.4 is 5.32 Å². The van der Waals surface area contributed by atoms with Gasteiger partial charge in [-0.1, -0.05) is 145 Å². The van der Waals surface area contributed by atoms with Gasteiger partial charge in [0.15, 0.2) is 0 Å². The monoisotopic (exact) mass is 1470 g/mol. The minimum Gasteiger partial charge on any atom is -0.380 e. The largest absolute Gasteiger partial charge is 0.380 e. The van der Waals surface area contributed by atoms with Crippen LogP contribution in [0.1, 0.15) is 308 Å². The second-order valence-electron chi connectivity index (χ2n) is 37.6. The molecule has 3 unspecified atom stereocenters. The molecule has 2 bridgehead atoms. The van der Waals surface area contributed by atoms with E-state index >= 15 is 0 Å². The minimum absolute atomic E-state index is 0.0528. The zero-order valence-electron chi connectivity index (χ0n) is 69.2. The molecule has 3 atom stereocenters. The summed E-state index contributed by atoms with van der Waals surface area (Å²) in [6.45, 7) is 59.9. The maximum Gasteiger partial charge on any atom is 0.313 e. The zero-order valence-corrected chi connectivity index (χ0v) is 69.2. The van der Waals surface area contributed by atoms with E-state index in [1.54, 1.807) is 39.5 Å². The van der Waals surface area contributed by atoms with Crippen molar-refractivity contribution in [3.8, 4) is 0 Å². The van der Waals surface area contributed by atoms with Gasteiger partial charge < -0.3 is 19.9 Å². The molecule has 0 spiro atoms. The van der Waals surface area contributed by atoms with Crippen LogP contribution >= 0.6 is 0 Å². The van der Waals surface area contributed by atoms with Crippen LogP contribution in [0.2, 0.25) is 0 Å². The molecule has 0 aromatic heterocycles. The lowest BCUT2D eigenvalue weighted by atomic mass is 9.34. The van der Waals surface area contributed by atoms with Crippen LogP contribution in [0.15, 0.2) is 0 Å². The standard InChI is InChI=1S/C10H18.C9H19F2N.C9H18FN.C9H17F.C8H12F4.C8H14F2.C8H17NO.C7H12F2.C7H13NO.C7H14O/c1-8(2)4-10-5-9(3,6-10)7-10;1-4-9(10,11)7-12-6-5-8(2)3;1-8(2)4-5-11-6-9(3,10)7-11;1-7(2)4-8-5-9(3,10)6-8;1-5(2)3-6-4-7(9,10)8(6,11)12;1-6(2)5-7-3-4-8(7,9)10;1-7(2)5-6-9(4)8(3)10;1-5(2)3-6-4-7(6,8)9;1-6(2)8-5-3-4-7(8)9;1-6(2)7(3)4-8-5-7/h8H,4-7H2,1-3H3;8,12H,4-7H2,1-3H3;8H,4-7H2,1-3H3;7-8H,4-6H2,1-3H3;5-6H,3-4H2,1-2H3;6-7H,3-5H2,1-2H3;7H,5-6H2,1-4H3;5-6H,3-4H2,1-2H3;6H,3-5H2,1-2H3;6H,4-5H2,1-3H3. The number of alkyl halides is 12. The summed E-state index contributed by atoms with van der Waals surface area (Å²) in [5, 5.41) is 2.76. The lowest BCUT2D eigenvalue weighted by Crippen LogP contribution is -2.60. The summed E-state index contributed by atoms with van der Waals surface area (Å²) in [5.74, 6) is -9.94. The van der Waals surface area contributed by atoms with Crippen molar-refractivity contribution >= 4 is 11.8 Å². The normalized spacial score (nSPS) is 27.3. The second kappa shape index (κ2) is 43.2. The lowest BCUT2D eigenvalue weighted by Gasteiger charge is -2.70. The van der Waals surface area contributed by atoms with E-state index in [0.717, 1.165) is 112 Å². The number of nitrogens with one attached hydrogen (secondary N) is 1. The molecule has 2 amide bonds. The molecule has 7 nitrogen and oxygen atoms in total. The molecule has 10 rings (SSSR count). The molecule has 7 saturated carbocycles. The predicted molar refractivity (Wildman–Crippen MR) is 398 cm³/mol. The molecule has 3 aliphatic heterocycles. The molecule has 604 valence electrons. The fraction of sp³-hybridized carbons (Fsp3) is 0.976. The molecular weight excluding hydrogens is 1320 g/mol. The van der Waals surface area contributed by atoms with E-state index in [1.807, 2.05) is 39.6 Å². The molecule has 0 aromatic rings. The number of amides is 2. The van der Waals surface area contributed by atoms with Gasteiger partial charge in [-0.25, -0.2) is 35.1 Å². The van der Waals surface area contributed by atoms with Gasteiger partial charge in [-0.2, -0.15) is 17.6 Å². The average Bonchev–Trinajstić information content (AvgIpc) is 1.25. The number of hydrogen-bond acceptors (Lipinski definition) is 5. The van der Waals surface area contributed by atoms with Gasteiger partial charge in [0.1, 0.15) is 11.3 Å². The van der Waals surface area contributed by atoms with Crippen molar-refractivity contribution in [2.45, 2.75) is 355 Å². The molecule has 19 heteroatoms. The molecule has 3 saturated heterocycles. The van der Waals surface area contributed by atoms with Gasteiger partial charge >= 0.3 is 11.8 Å². The van der Waals surface area contributed by atoms with Crippen LogP contribution in [-0.2, 0) is 14.3 Å². The Bertz CT molecular complexity index is 2220. The Morgan fingerprint density at radius 1 is 0.604 bits per heavy atom. The molecule has 1 N–H and O–H groups in total. The molecule has 10 fully saturated rings. The molecule has 10 aliphatic rings. The van der Waals surface area contributed by atoms with Crippen LogP contribution in [0.5, 0.6) is 0 Å². The van der Waals surface area contributed by atoms with Crippen molar-refractivity contribution < 1.29 is 67.0 Å². The summed E-state index contributed by atoms with van der Waals surface area (Å²) < 4.78 is 155. The maximum atomic E-state index is 12.9. The highest BCUT2D eigenvalue weighted by atomic mass is 19.3. The first-order valence-corrected chi connectivity index (χ1v) is 39.5. The summed E-state index contributed by atoms with van der Waals surface area (Å²) >= 11 is 0. The number of likely N-dealkylation sites (tertiary alicyclic amines) is 2. The van der Waals surface area contributed by atoms with Crippen molar-refractivity contribution in [2.75, 3.05) is 66.1 Å². The first-order valence-electron chi connectivity index (χ1n) is 39.5. The Morgan fingerprint density at radius 2 is 1.07 bits per heavy atom. The third-order valence-corrected chi connectivity index (χ3v) is 21.1. The van der Waals surface area contributed by atoms with E-state index < -0.39 is 53.3 Å². The molecule has 7 aliphatic carbocycles. The Hall–Kier alpha value is -2.02. The van der Waals surface area contributed by atoms with Gasteiger partial charge in [-0.3, -0.25) is 14.5 Å². The molecule has 101 heavy (non-hydrogen) atoms. The number of nitrogens with zero attached hydrogens (tertiary/aromatic N) is 3. The first kappa shape index (κ1) is 99.0. The second-order valence-corrected chi connectivity index (χ2v) is 37.6. The predicted octanol–water partition coefficient (Wildman–Crippen LogP) is 24.4. The lowest BCUT2D eigenvalue weighted by molar-refractivity contribution is -0.316. The van der Waals surface area contributed by atoms with Crippen LogP contribution in [0, 0.1) is 93.2 Å². The zero-order chi connectivity index (χ0) is 78.9. The summed E-state index contributed by atoms with van der Waals surface area (Å²) in [6.07, 6.45) is 15.8. The molecule has 0 radical (unpaired) electrons. The van der Waals surface area contributed by atoms with Crippen molar-refractivity contribution in [1.29, 1.82) is 0 Å². The number of carbonyl (C=O) groups is 2. The summed E-state index contributed by atoms with van der Waals surface area (Å²) in [4.78, 5) is 27.5. The summed E-state index contributed by atoms with van der Waals surface area (Å²) in [6, 6.07) is 0.403. The highest BCUT2D eigenvalue weighted by Crippen LogP contribution is 2.75. The minimum atomic E-state index is -3.77. The topological polar surface area (TPSA) is 65.1 Å². The highest BCUT2D eigenvalue weighted by molar-refractivity contribution is 5.78. The number of rotatable bonds is 24. The smallest absolute Gasteiger partial charge is 0.313 e. The number of carbonyl (C=O) groups excluding carboxylic acids is 2. The molecule has 3 heterocycles. The van der Waals surface area contributed by atoms with Gasteiger partial charge in [0.2, 0.25) is 11.8 Å². The molecule has 0 aromatic carbocycles. The quantitative estimate of drug-likeness (QED) is 0.0771. The van der Waals surface area contributed by atoms with Crippen molar-refractivity contribution in [3.63, 3.8) is 0 Å².